The summed E-state index contributed by atoms with van der Waals surface area (Å²) in [6, 6.07) is 0.000463. The molecule has 0 radical (unpaired) electrons. The Balaban J connectivity index is 2.54. The van der Waals surface area contributed by atoms with Crippen molar-refractivity contribution in [2.24, 2.45) is 4.99 Å². The van der Waals surface area contributed by atoms with Gasteiger partial charge in [-0.15, -0.1) is 0 Å². The fourth-order valence-electron chi connectivity index (χ4n) is 1.09. The summed E-state index contributed by atoms with van der Waals surface area (Å²) < 4.78 is 0. The van der Waals surface area contributed by atoms with Crippen molar-refractivity contribution in [2.45, 2.75) is 6.04 Å². The number of carbonyl (C=O) groups excluding carboxylic acids is 1. The molecule has 0 aromatic heterocycles. The molecule has 4 heteroatoms. The zero-order valence-corrected chi connectivity index (χ0v) is 6.87. The molecule has 0 amide bonds. The van der Waals surface area contributed by atoms with E-state index in [-0.39, 0.29) is 6.04 Å². The molecular weight excluding hydrogens is 142 g/mol. The Bertz CT molecular complexity index is 179. The second-order valence-electron chi connectivity index (χ2n) is 2.67. The quantitative estimate of drug-likeness (QED) is 0.500. The molecule has 1 aliphatic rings. The summed E-state index contributed by atoms with van der Waals surface area (Å²) in [6.07, 6.45) is 0.958. The second kappa shape index (κ2) is 3.48. The maximum atomic E-state index is 10.4. The van der Waals surface area contributed by atoms with E-state index in [9.17, 15) is 4.79 Å². The summed E-state index contributed by atoms with van der Waals surface area (Å²) >= 11 is 0. The minimum absolute atomic E-state index is 0.000463. The highest BCUT2D eigenvalue weighted by Gasteiger charge is 2.20. The zero-order valence-electron chi connectivity index (χ0n) is 6.87. The fourth-order valence-corrected chi connectivity index (χ4v) is 1.09. The lowest BCUT2D eigenvalue weighted by Crippen LogP contribution is -2.53. The number of nitrogens with one attached hydrogen (secondary N) is 1. The maximum absolute atomic E-state index is 10.4. The number of likely N-dealkylation sites (N-methyl/N-ethyl adjacent to an activating group) is 1. The molecule has 11 heavy (non-hydrogen) atoms. The van der Waals surface area contributed by atoms with E-state index in [1.54, 1.807) is 7.05 Å². The van der Waals surface area contributed by atoms with Gasteiger partial charge in [-0.3, -0.25) is 9.89 Å². The number of amidine groups is 1. The van der Waals surface area contributed by atoms with E-state index in [1.807, 2.05) is 11.9 Å². The molecule has 0 aliphatic carbocycles. The van der Waals surface area contributed by atoms with Gasteiger partial charge < -0.3 is 10.1 Å². The van der Waals surface area contributed by atoms with Gasteiger partial charge in [0.15, 0.2) is 0 Å². The molecule has 4 nitrogen and oxygen atoms in total. The summed E-state index contributed by atoms with van der Waals surface area (Å²) in [5, 5.41) is 3.08. The zero-order chi connectivity index (χ0) is 8.27. The monoisotopic (exact) mass is 155 g/mol. The van der Waals surface area contributed by atoms with Crippen molar-refractivity contribution in [1.82, 2.24) is 10.2 Å². The summed E-state index contributed by atoms with van der Waals surface area (Å²) in [7, 11) is 3.67. The third kappa shape index (κ3) is 1.77. The minimum Gasteiger partial charge on any atom is -0.371 e. The van der Waals surface area contributed by atoms with Crippen molar-refractivity contribution in [3.63, 3.8) is 0 Å². The van der Waals surface area contributed by atoms with Crippen molar-refractivity contribution in [3.05, 3.63) is 0 Å². The van der Waals surface area contributed by atoms with Gasteiger partial charge in [0, 0.05) is 13.6 Å². The molecule has 0 saturated carbocycles. The molecule has 0 bridgehead atoms. The molecule has 1 heterocycles. The van der Waals surface area contributed by atoms with Crippen LogP contribution in [0.3, 0.4) is 0 Å². The number of rotatable bonds is 1. The van der Waals surface area contributed by atoms with E-state index in [2.05, 4.69) is 10.3 Å². The summed E-state index contributed by atoms with van der Waals surface area (Å²) in [4.78, 5) is 16.4. The molecule has 1 unspecified atom stereocenters. The number of aliphatic imine (C=N–C) groups is 1. The fraction of sp³-hybridized carbons (Fsp3) is 0.714. The van der Waals surface area contributed by atoms with Crippen LogP contribution in [0, 0.1) is 0 Å². The van der Waals surface area contributed by atoms with Crippen LogP contribution in [0.4, 0.5) is 0 Å². The maximum Gasteiger partial charge on any atom is 0.138 e. The standard InChI is InChI=1S/C7H13N3O/c1-8-7-4-10(2)6(5-11)3-9-7/h5-6H,3-4H2,1-2H3,(H,8,9). The molecule has 0 spiro atoms. The first-order valence-corrected chi connectivity index (χ1v) is 3.63. The van der Waals surface area contributed by atoms with Gasteiger partial charge in [0.1, 0.15) is 12.1 Å². The van der Waals surface area contributed by atoms with Gasteiger partial charge in [-0.2, -0.15) is 0 Å². The first kappa shape index (κ1) is 8.20. The van der Waals surface area contributed by atoms with Crippen molar-refractivity contribution < 1.29 is 4.79 Å². The topological polar surface area (TPSA) is 44.7 Å². The number of hydrogen-bond acceptors (Lipinski definition) is 3. The Kier molecular flexibility index (Phi) is 2.59. The Morgan fingerprint density at radius 3 is 3.00 bits per heavy atom. The van der Waals surface area contributed by atoms with Gasteiger partial charge in [0.25, 0.3) is 0 Å². The Morgan fingerprint density at radius 1 is 1.82 bits per heavy atom. The van der Waals surface area contributed by atoms with E-state index in [0.29, 0.717) is 6.54 Å². The molecule has 1 saturated heterocycles. The number of aldehydes is 1. The molecule has 1 fully saturated rings. The van der Waals surface area contributed by atoms with E-state index in [1.165, 1.54) is 0 Å². The average molecular weight is 155 g/mol. The lowest BCUT2D eigenvalue weighted by molar-refractivity contribution is -0.111. The summed E-state index contributed by atoms with van der Waals surface area (Å²) in [5.41, 5.74) is 0. The van der Waals surface area contributed by atoms with Gasteiger partial charge in [0.2, 0.25) is 0 Å². The third-order valence-corrected chi connectivity index (χ3v) is 1.91. The Labute approximate surface area is 66.3 Å². The minimum atomic E-state index is 0.000463. The third-order valence-electron chi connectivity index (χ3n) is 1.91. The number of piperazine rings is 1. The van der Waals surface area contributed by atoms with E-state index >= 15 is 0 Å². The van der Waals surface area contributed by atoms with Crippen LogP contribution in [0.1, 0.15) is 0 Å². The van der Waals surface area contributed by atoms with Crippen LogP contribution in [-0.2, 0) is 4.79 Å². The Hall–Kier alpha value is -0.900. The molecule has 0 aromatic rings. The highest BCUT2D eigenvalue weighted by Crippen LogP contribution is 1.97. The Morgan fingerprint density at radius 2 is 2.55 bits per heavy atom. The van der Waals surface area contributed by atoms with Crippen LogP contribution >= 0.6 is 0 Å². The van der Waals surface area contributed by atoms with Crippen LogP contribution in [0.15, 0.2) is 4.99 Å². The molecular formula is C7H13N3O. The normalized spacial score (nSPS) is 30.0. The van der Waals surface area contributed by atoms with Crippen LogP contribution in [-0.4, -0.2) is 50.2 Å². The van der Waals surface area contributed by atoms with Crippen LogP contribution in [0.2, 0.25) is 0 Å². The largest absolute Gasteiger partial charge is 0.371 e. The van der Waals surface area contributed by atoms with Crippen LogP contribution in [0.5, 0.6) is 0 Å². The van der Waals surface area contributed by atoms with Gasteiger partial charge >= 0.3 is 0 Å². The molecule has 0 aromatic carbocycles. The van der Waals surface area contributed by atoms with Gasteiger partial charge in [-0.25, -0.2) is 0 Å². The van der Waals surface area contributed by atoms with E-state index in [0.717, 1.165) is 18.7 Å². The number of hydrogen-bond donors (Lipinski definition) is 1. The molecule has 1 atom stereocenters. The molecule has 1 N–H and O–H groups in total. The lowest BCUT2D eigenvalue weighted by Gasteiger charge is -2.30. The SMILES string of the molecule is CN=C1CN(C)C(C=O)CN1. The van der Waals surface area contributed by atoms with Crippen LogP contribution in [0.25, 0.3) is 0 Å². The molecule has 1 aliphatic heterocycles. The highest BCUT2D eigenvalue weighted by molar-refractivity contribution is 5.85. The van der Waals surface area contributed by atoms with Gasteiger partial charge in [0.05, 0.1) is 12.6 Å². The smallest absolute Gasteiger partial charge is 0.138 e. The van der Waals surface area contributed by atoms with Gasteiger partial charge in [-0.1, -0.05) is 0 Å². The number of carbonyl (C=O) groups is 1. The predicted octanol–water partition coefficient (Wildman–Crippen LogP) is -0.883. The van der Waals surface area contributed by atoms with Gasteiger partial charge in [-0.05, 0) is 7.05 Å². The molecule has 62 valence electrons. The number of nitrogens with zero attached hydrogens (tertiary/aromatic N) is 2. The van der Waals surface area contributed by atoms with E-state index < -0.39 is 0 Å². The first-order valence-electron chi connectivity index (χ1n) is 3.63. The first-order chi connectivity index (χ1) is 5.27. The predicted molar refractivity (Wildman–Crippen MR) is 43.8 cm³/mol. The molecule has 1 rings (SSSR count). The summed E-state index contributed by atoms with van der Waals surface area (Å²) in [5.74, 6) is 0.950. The van der Waals surface area contributed by atoms with Crippen molar-refractivity contribution >= 4 is 12.1 Å². The van der Waals surface area contributed by atoms with Crippen molar-refractivity contribution in [3.8, 4) is 0 Å². The van der Waals surface area contributed by atoms with Crippen LogP contribution < -0.4 is 5.32 Å². The second-order valence-corrected chi connectivity index (χ2v) is 2.67. The lowest BCUT2D eigenvalue weighted by atomic mass is 10.2. The average Bonchev–Trinajstić information content (AvgIpc) is 2.04. The van der Waals surface area contributed by atoms with Crippen molar-refractivity contribution in [2.75, 3.05) is 27.2 Å². The summed E-state index contributed by atoms with van der Waals surface area (Å²) in [6.45, 7) is 1.41. The highest BCUT2D eigenvalue weighted by atomic mass is 16.1. The van der Waals surface area contributed by atoms with E-state index in [4.69, 9.17) is 0 Å². The van der Waals surface area contributed by atoms with Crippen molar-refractivity contribution in [1.29, 1.82) is 0 Å².